The lowest BCUT2D eigenvalue weighted by atomic mass is 10.1. The van der Waals surface area contributed by atoms with Crippen LogP contribution in [0.15, 0.2) is 79.1 Å². The van der Waals surface area contributed by atoms with Gasteiger partial charge in [-0.3, -0.25) is 9.78 Å². The first-order chi connectivity index (χ1) is 12.2. The van der Waals surface area contributed by atoms with Crippen LogP contribution in [0.4, 0.5) is 0 Å². The second-order valence-corrected chi connectivity index (χ2v) is 5.83. The molecule has 3 aromatic rings. The van der Waals surface area contributed by atoms with E-state index in [1.807, 2.05) is 36.4 Å². The Morgan fingerprint density at radius 1 is 1.04 bits per heavy atom. The number of rotatable bonds is 6. The summed E-state index contributed by atoms with van der Waals surface area (Å²) >= 11 is 5.85. The van der Waals surface area contributed by atoms with Gasteiger partial charge in [-0.25, -0.2) is 0 Å². The SMILES string of the molecule is O=C(/C=C/c1ccccc1OCc1cccnc1)c1ccc(Cl)cc1. The molecule has 0 amide bonds. The number of halogens is 1. The summed E-state index contributed by atoms with van der Waals surface area (Å²) in [6, 6.07) is 18.2. The molecule has 25 heavy (non-hydrogen) atoms. The average molecular weight is 350 g/mol. The third-order valence-electron chi connectivity index (χ3n) is 3.58. The second kappa shape index (κ2) is 8.27. The minimum atomic E-state index is -0.0845. The molecule has 0 atom stereocenters. The molecule has 4 heteroatoms. The molecule has 0 radical (unpaired) electrons. The van der Waals surface area contributed by atoms with Crippen molar-refractivity contribution in [3.05, 3.63) is 101 Å². The minimum Gasteiger partial charge on any atom is -0.488 e. The van der Waals surface area contributed by atoms with Crippen molar-refractivity contribution in [1.82, 2.24) is 4.98 Å². The lowest BCUT2D eigenvalue weighted by molar-refractivity contribution is 0.104. The summed E-state index contributed by atoms with van der Waals surface area (Å²) < 4.78 is 5.86. The van der Waals surface area contributed by atoms with E-state index in [2.05, 4.69) is 4.98 Å². The van der Waals surface area contributed by atoms with Crippen LogP contribution in [0.3, 0.4) is 0 Å². The summed E-state index contributed by atoms with van der Waals surface area (Å²) in [4.78, 5) is 16.3. The maximum atomic E-state index is 12.2. The molecule has 3 rings (SSSR count). The largest absolute Gasteiger partial charge is 0.488 e. The zero-order valence-corrected chi connectivity index (χ0v) is 14.2. The van der Waals surface area contributed by atoms with E-state index >= 15 is 0 Å². The summed E-state index contributed by atoms with van der Waals surface area (Å²) in [6.07, 6.45) is 6.79. The van der Waals surface area contributed by atoms with Gasteiger partial charge >= 0.3 is 0 Å². The van der Waals surface area contributed by atoms with Gasteiger partial charge < -0.3 is 4.74 Å². The number of hydrogen-bond acceptors (Lipinski definition) is 3. The Hall–Kier alpha value is -2.91. The van der Waals surface area contributed by atoms with Crippen LogP contribution in [0.2, 0.25) is 5.02 Å². The Morgan fingerprint density at radius 3 is 2.60 bits per heavy atom. The first kappa shape index (κ1) is 16.9. The van der Waals surface area contributed by atoms with Crippen LogP contribution < -0.4 is 4.74 Å². The van der Waals surface area contributed by atoms with E-state index in [9.17, 15) is 4.79 Å². The molecular formula is C21H16ClNO2. The monoisotopic (exact) mass is 349 g/mol. The van der Waals surface area contributed by atoms with E-state index in [0.717, 1.165) is 11.1 Å². The summed E-state index contributed by atoms with van der Waals surface area (Å²) in [7, 11) is 0. The molecule has 124 valence electrons. The molecule has 2 aromatic carbocycles. The molecule has 0 unspecified atom stereocenters. The standard InChI is InChI=1S/C21H16ClNO2/c22-19-10-7-17(8-11-19)20(24)12-9-18-5-1-2-6-21(18)25-15-16-4-3-13-23-14-16/h1-14H,15H2/b12-9+. The van der Waals surface area contributed by atoms with E-state index in [1.165, 1.54) is 6.08 Å². The van der Waals surface area contributed by atoms with Crippen LogP contribution in [0, 0.1) is 0 Å². The summed E-state index contributed by atoms with van der Waals surface area (Å²) in [5.74, 6) is 0.630. The van der Waals surface area contributed by atoms with Crippen molar-refractivity contribution in [2.75, 3.05) is 0 Å². The quantitative estimate of drug-likeness (QED) is 0.453. The number of aromatic nitrogens is 1. The molecular weight excluding hydrogens is 334 g/mol. The Labute approximate surface area is 151 Å². The number of pyridine rings is 1. The Bertz CT molecular complexity index is 874. The lowest BCUT2D eigenvalue weighted by Gasteiger charge is -2.09. The first-order valence-electron chi connectivity index (χ1n) is 7.81. The molecule has 0 spiro atoms. The van der Waals surface area contributed by atoms with E-state index in [-0.39, 0.29) is 5.78 Å². The summed E-state index contributed by atoms with van der Waals surface area (Å²) in [5, 5.41) is 0.606. The zero-order valence-electron chi connectivity index (χ0n) is 13.4. The van der Waals surface area contributed by atoms with Gasteiger partial charge in [0.15, 0.2) is 5.78 Å². The van der Waals surface area contributed by atoms with Gasteiger partial charge in [-0.15, -0.1) is 0 Å². The number of ether oxygens (including phenoxy) is 1. The van der Waals surface area contributed by atoms with E-state index in [1.54, 1.807) is 42.7 Å². The fourth-order valence-electron chi connectivity index (χ4n) is 2.27. The van der Waals surface area contributed by atoms with Crippen molar-refractivity contribution >= 4 is 23.5 Å². The van der Waals surface area contributed by atoms with Crippen molar-refractivity contribution in [2.24, 2.45) is 0 Å². The number of ketones is 1. The van der Waals surface area contributed by atoms with Crippen LogP contribution in [-0.4, -0.2) is 10.8 Å². The van der Waals surface area contributed by atoms with Gasteiger partial charge in [0, 0.05) is 34.1 Å². The summed E-state index contributed by atoms with van der Waals surface area (Å²) in [5.41, 5.74) is 2.42. The molecule has 1 aromatic heterocycles. The number of para-hydroxylation sites is 1. The Morgan fingerprint density at radius 2 is 1.84 bits per heavy atom. The molecule has 0 aliphatic heterocycles. The van der Waals surface area contributed by atoms with Crippen LogP contribution in [0.1, 0.15) is 21.5 Å². The highest BCUT2D eigenvalue weighted by Gasteiger charge is 2.04. The highest BCUT2D eigenvalue weighted by Crippen LogP contribution is 2.21. The molecule has 0 saturated heterocycles. The van der Waals surface area contributed by atoms with Crippen molar-refractivity contribution in [1.29, 1.82) is 0 Å². The third kappa shape index (κ3) is 4.78. The molecule has 1 heterocycles. The normalized spacial score (nSPS) is 10.8. The third-order valence-corrected chi connectivity index (χ3v) is 3.83. The fourth-order valence-corrected chi connectivity index (χ4v) is 2.40. The Balaban J connectivity index is 1.72. The number of nitrogens with zero attached hydrogens (tertiary/aromatic N) is 1. The van der Waals surface area contributed by atoms with Crippen molar-refractivity contribution < 1.29 is 9.53 Å². The van der Waals surface area contributed by atoms with E-state index < -0.39 is 0 Å². The highest BCUT2D eigenvalue weighted by molar-refractivity contribution is 6.30. The van der Waals surface area contributed by atoms with Gasteiger partial charge in [-0.2, -0.15) is 0 Å². The number of hydrogen-bond donors (Lipinski definition) is 0. The topological polar surface area (TPSA) is 39.2 Å². The average Bonchev–Trinajstić information content (AvgIpc) is 2.66. The second-order valence-electron chi connectivity index (χ2n) is 5.39. The molecule has 0 aliphatic rings. The van der Waals surface area contributed by atoms with Crippen LogP contribution in [0.5, 0.6) is 5.75 Å². The van der Waals surface area contributed by atoms with Gasteiger partial charge in [0.2, 0.25) is 0 Å². The predicted octanol–water partition coefficient (Wildman–Crippen LogP) is 5.21. The maximum Gasteiger partial charge on any atom is 0.185 e. The van der Waals surface area contributed by atoms with Crippen LogP contribution in [-0.2, 0) is 6.61 Å². The van der Waals surface area contributed by atoms with Crippen molar-refractivity contribution in [3.8, 4) is 5.75 Å². The zero-order chi connectivity index (χ0) is 17.5. The van der Waals surface area contributed by atoms with Crippen LogP contribution >= 0.6 is 11.6 Å². The minimum absolute atomic E-state index is 0.0845. The van der Waals surface area contributed by atoms with Gasteiger partial charge in [-0.1, -0.05) is 35.9 Å². The van der Waals surface area contributed by atoms with Gasteiger partial charge in [0.1, 0.15) is 12.4 Å². The number of allylic oxidation sites excluding steroid dienone is 1. The molecule has 0 saturated carbocycles. The van der Waals surface area contributed by atoms with Crippen molar-refractivity contribution in [3.63, 3.8) is 0 Å². The molecule has 3 nitrogen and oxygen atoms in total. The van der Waals surface area contributed by atoms with E-state index in [4.69, 9.17) is 16.3 Å². The Kier molecular flexibility index (Phi) is 5.60. The lowest BCUT2D eigenvalue weighted by Crippen LogP contribution is -1.97. The van der Waals surface area contributed by atoms with Crippen molar-refractivity contribution in [2.45, 2.75) is 6.61 Å². The molecule has 0 N–H and O–H groups in total. The molecule has 0 aliphatic carbocycles. The first-order valence-corrected chi connectivity index (χ1v) is 8.19. The predicted molar refractivity (Wildman–Crippen MR) is 99.8 cm³/mol. The highest BCUT2D eigenvalue weighted by atomic mass is 35.5. The van der Waals surface area contributed by atoms with Crippen LogP contribution in [0.25, 0.3) is 6.08 Å². The summed E-state index contributed by atoms with van der Waals surface area (Å²) in [6.45, 7) is 0.420. The maximum absolute atomic E-state index is 12.2. The fraction of sp³-hybridized carbons (Fsp3) is 0.0476. The van der Waals surface area contributed by atoms with Gasteiger partial charge in [0.05, 0.1) is 0 Å². The molecule has 0 fully saturated rings. The van der Waals surface area contributed by atoms with Gasteiger partial charge in [-0.05, 0) is 48.6 Å². The number of benzene rings is 2. The van der Waals surface area contributed by atoms with Gasteiger partial charge in [0.25, 0.3) is 0 Å². The number of carbonyl (C=O) groups is 1. The van der Waals surface area contributed by atoms with E-state index in [0.29, 0.717) is 22.9 Å². The smallest absolute Gasteiger partial charge is 0.185 e. The number of carbonyl (C=O) groups excluding carboxylic acids is 1. The molecule has 0 bridgehead atoms.